The molecule has 0 amide bonds. The monoisotopic (exact) mass is 436 g/mol. The lowest BCUT2D eigenvalue weighted by Gasteiger charge is -2.48. The third-order valence-electron chi connectivity index (χ3n) is 6.62. The molecule has 3 rings (SSSR count). The molecule has 9 heteroatoms. The highest BCUT2D eigenvalue weighted by Crippen LogP contribution is 2.58. The molecule has 0 saturated heterocycles. The fourth-order valence-corrected chi connectivity index (χ4v) is 4.78. The predicted octanol–water partition coefficient (Wildman–Crippen LogP) is 2.00. The van der Waals surface area contributed by atoms with Crippen molar-refractivity contribution in [3.8, 4) is 5.75 Å². The van der Waals surface area contributed by atoms with Gasteiger partial charge >= 0.3 is 11.9 Å². The van der Waals surface area contributed by atoms with E-state index in [4.69, 9.17) is 30.4 Å². The van der Waals surface area contributed by atoms with Gasteiger partial charge in [-0.2, -0.15) is 0 Å². The number of oxime groups is 1. The van der Waals surface area contributed by atoms with E-state index in [-0.39, 0.29) is 11.3 Å². The van der Waals surface area contributed by atoms with Gasteiger partial charge in [-0.3, -0.25) is 0 Å². The number of carbonyl (C=O) groups is 2. The number of benzene rings is 1. The van der Waals surface area contributed by atoms with Crippen LogP contribution in [0, 0.1) is 17.3 Å². The minimum Gasteiger partial charge on any atom is -0.508 e. The molecule has 0 radical (unpaired) electrons. The molecule has 0 aliphatic heterocycles. The minimum absolute atomic E-state index is 0.131. The molecule has 2 aliphatic carbocycles. The quantitative estimate of drug-likeness (QED) is 0.196. The van der Waals surface area contributed by atoms with Gasteiger partial charge in [0.25, 0.3) is 0 Å². The summed E-state index contributed by atoms with van der Waals surface area (Å²) in [5, 5.41) is 39.6. The fraction of sp³-hybridized carbons (Fsp3) is 0.591. The van der Waals surface area contributed by atoms with Crippen molar-refractivity contribution in [2.24, 2.45) is 28.1 Å². The van der Waals surface area contributed by atoms with Crippen molar-refractivity contribution in [3.05, 3.63) is 29.8 Å². The first-order valence-corrected chi connectivity index (χ1v) is 10.4. The Kier molecular flexibility index (Phi) is 8.41. The summed E-state index contributed by atoms with van der Waals surface area (Å²) in [6, 6.07) is 7.43. The third-order valence-corrected chi connectivity index (χ3v) is 6.62. The van der Waals surface area contributed by atoms with Crippen LogP contribution in [0.4, 0.5) is 0 Å². The molecule has 1 aromatic carbocycles. The number of hydrogen-bond acceptors (Lipinski definition) is 7. The molecule has 0 heterocycles. The number of hydrogen-bond donors (Lipinski definition) is 5. The number of aliphatic hydroxyl groups is 1. The first-order valence-electron chi connectivity index (χ1n) is 10.4. The van der Waals surface area contributed by atoms with Crippen LogP contribution in [0.25, 0.3) is 0 Å². The first kappa shape index (κ1) is 24.6. The Bertz CT molecular complexity index is 771. The minimum atomic E-state index is -1.82. The molecule has 2 saturated carbocycles. The summed E-state index contributed by atoms with van der Waals surface area (Å²) in [7, 11) is 0. The molecule has 9 nitrogen and oxygen atoms in total. The van der Waals surface area contributed by atoms with E-state index in [0.717, 1.165) is 38.5 Å². The van der Waals surface area contributed by atoms with E-state index < -0.39 is 17.5 Å². The highest BCUT2D eigenvalue weighted by molar-refractivity contribution is 6.27. The second-order valence-corrected chi connectivity index (χ2v) is 8.56. The second-order valence-electron chi connectivity index (χ2n) is 8.56. The summed E-state index contributed by atoms with van der Waals surface area (Å²) in [4.78, 5) is 23.4. The molecule has 2 aliphatic rings. The molecule has 0 aromatic heterocycles. The molecule has 31 heavy (non-hydrogen) atoms. The van der Waals surface area contributed by atoms with Crippen molar-refractivity contribution in [3.63, 3.8) is 0 Å². The Morgan fingerprint density at radius 2 is 1.84 bits per heavy atom. The summed E-state index contributed by atoms with van der Waals surface area (Å²) < 4.78 is 0. The number of aromatic hydroxyl groups is 1. The number of phenols is 1. The Morgan fingerprint density at radius 1 is 1.19 bits per heavy atom. The van der Waals surface area contributed by atoms with Crippen LogP contribution in [0.15, 0.2) is 29.4 Å². The number of phenolic OH excluding ortho intramolecular Hbond substituents is 1. The van der Waals surface area contributed by atoms with Gasteiger partial charge in [0.15, 0.2) is 0 Å². The average molecular weight is 437 g/mol. The Hall–Kier alpha value is -2.65. The van der Waals surface area contributed by atoms with E-state index in [2.05, 4.69) is 12.1 Å². The van der Waals surface area contributed by atoms with Crippen LogP contribution in [0.1, 0.15) is 44.6 Å². The molecular weight excluding hydrogens is 404 g/mol. The van der Waals surface area contributed by atoms with Crippen LogP contribution in [-0.4, -0.2) is 57.3 Å². The van der Waals surface area contributed by atoms with Gasteiger partial charge in [-0.05, 0) is 62.1 Å². The van der Waals surface area contributed by atoms with E-state index in [1.54, 1.807) is 12.1 Å². The first-order chi connectivity index (χ1) is 14.6. The predicted molar refractivity (Wildman–Crippen MR) is 114 cm³/mol. The molecule has 0 unspecified atom stereocenters. The van der Waals surface area contributed by atoms with Crippen molar-refractivity contribution < 1.29 is 34.9 Å². The summed E-state index contributed by atoms with van der Waals surface area (Å²) in [6.45, 7) is 3.09. The highest BCUT2D eigenvalue weighted by Gasteiger charge is 2.58. The van der Waals surface area contributed by atoms with Gasteiger partial charge in [0.1, 0.15) is 12.4 Å². The number of carboxylic acids is 2. The van der Waals surface area contributed by atoms with Crippen molar-refractivity contribution >= 4 is 18.2 Å². The summed E-state index contributed by atoms with van der Waals surface area (Å²) in [6.07, 6.45) is 7.55. The Balaban J connectivity index is 0.000000501. The molecule has 0 spiro atoms. The summed E-state index contributed by atoms with van der Waals surface area (Å²) >= 11 is 0. The topological polar surface area (TPSA) is 163 Å². The number of nitrogens with zero attached hydrogens (tertiary/aromatic N) is 1. The van der Waals surface area contributed by atoms with Gasteiger partial charge in [0.05, 0.1) is 5.60 Å². The number of nitrogens with two attached hydrogens (primary N) is 1. The second kappa shape index (κ2) is 10.6. The van der Waals surface area contributed by atoms with Crippen LogP contribution in [0.3, 0.4) is 0 Å². The van der Waals surface area contributed by atoms with Gasteiger partial charge in [-0.25, -0.2) is 9.59 Å². The molecule has 4 atom stereocenters. The standard InChI is InChI=1S/C20H30N2O3.C2H2O4/c1-19-8-6-16(12-15-2-4-18(23)5-3-15)13-20(19,24)9-7-17(19)14-22-25-11-10-21;3-1(4)2(5)6/h2-5,14,16-17,23-24H,6-13,21H2,1H3;(H,3,4)(H,5,6)/t16-,17-,19-,20+;/m1./s1. The lowest BCUT2D eigenvalue weighted by Crippen LogP contribution is -2.50. The molecule has 6 N–H and O–H groups in total. The van der Waals surface area contributed by atoms with E-state index in [0.29, 0.717) is 24.8 Å². The fourth-order valence-electron chi connectivity index (χ4n) is 4.78. The molecule has 2 fully saturated rings. The van der Waals surface area contributed by atoms with Crippen LogP contribution >= 0.6 is 0 Å². The van der Waals surface area contributed by atoms with Crippen LogP contribution in [-0.2, 0) is 20.8 Å². The smallest absolute Gasteiger partial charge is 0.414 e. The van der Waals surface area contributed by atoms with Crippen molar-refractivity contribution in [2.45, 2.75) is 51.0 Å². The Labute approximate surface area is 181 Å². The van der Waals surface area contributed by atoms with Gasteiger partial charge in [-0.1, -0.05) is 24.2 Å². The van der Waals surface area contributed by atoms with Crippen molar-refractivity contribution in [1.29, 1.82) is 0 Å². The maximum Gasteiger partial charge on any atom is 0.414 e. The molecular formula is C22H32N2O7. The molecule has 1 aromatic rings. The number of rotatable bonds is 6. The maximum absolute atomic E-state index is 11.4. The van der Waals surface area contributed by atoms with Gasteiger partial charge in [0, 0.05) is 24.1 Å². The summed E-state index contributed by atoms with van der Waals surface area (Å²) in [5.41, 5.74) is 5.87. The van der Waals surface area contributed by atoms with E-state index in [9.17, 15) is 10.2 Å². The molecule has 0 bridgehead atoms. The maximum atomic E-state index is 11.4. The SMILES string of the molecule is C[C@]12CC[C@H](Cc3ccc(O)cc3)C[C@@]1(O)CC[C@@H]2C=NOCCN.O=C(O)C(=O)O. The third kappa shape index (κ3) is 6.18. The van der Waals surface area contributed by atoms with Crippen molar-refractivity contribution in [1.82, 2.24) is 0 Å². The van der Waals surface area contributed by atoms with E-state index in [1.165, 1.54) is 5.56 Å². The largest absolute Gasteiger partial charge is 0.508 e. The lowest BCUT2D eigenvalue weighted by atomic mass is 9.59. The van der Waals surface area contributed by atoms with Gasteiger partial charge in [-0.15, -0.1) is 0 Å². The lowest BCUT2D eigenvalue weighted by molar-refractivity contribution is -0.159. The zero-order chi connectivity index (χ0) is 23.1. The van der Waals surface area contributed by atoms with Gasteiger partial charge < -0.3 is 31.0 Å². The van der Waals surface area contributed by atoms with Crippen LogP contribution in [0.5, 0.6) is 5.75 Å². The number of aliphatic carboxylic acids is 2. The van der Waals surface area contributed by atoms with Crippen LogP contribution in [0.2, 0.25) is 0 Å². The highest BCUT2D eigenvalue weighted by atomic mass is 16.6. The Morgan fingerprint density at radius 3 is 2.42 bits per heavy atom. The number of fused-ring (bicyclic) bond motifs is 1. The van der Waals surface area contributed by atoms with E-state index >= 15 is 0 Å². The molecule has 172 valence electrons. The summed E-state index contributed by atoms with van der Waals surface area (Å²) in [5.74, 6) is -2.62. The van der Waals surface area contributed by atoms with Crippen molar-refractivity contribution in [2.75, 3.05) is 13.2 Å². The van der Waals surface area contributed by atoms with E-state index in [1.807, 2.05) is 18.3 Å². The zero-order valence-electron chi connectivity index (χ0n) is 17.7. The van der Waals surface area contributed by atoms with Crippen LogP contribution < -0.4 is 5.73 Å². The number of carboxylic acid groups (broad SMARTS) is 2. The van der Waals surface area contributed by atoms with Gasteiger partial charge in [0.2, 0.25) is 0 Å². The normalized spacial score (nSPS) is 29.6. The zero-order valence-corrected chi connectivity index (χ0v) is 17.7. The average Bonchev–Trinajstić information content (AvgIpc) is 2.98.